The van der Waals surface area contributed by atoms with Gasteiger partial charge in [-0.05, 0) is 43.3 Å². The van der Waals surface area contributed by atoms with Crippen molar-refractivity contribution in [2.45, 2.75) is 49.1 Å². The van der Waals surface area contributed by atoms with Gasteiger partial charge in [0.15, 0.2) is 11.0 Å². The lowest BCUT2D eigenvalue weighted by Crippen LogP contribution is -2.09. The average molecular weight is 458 g/mol. The fraction of sp³-hybridized carbons (Fsp3) is 0.333. The van der Waals surface area contributed by atoms with Gasteiger partial charge in [0.2, 0.25) is 5.89 Å². The van der Waals surface area contributed by atoms with Gasteiger partial charge in [0, 0.05) is 11.6 Å². The van der Waals surface area contributed by atoms with Crippen molar-refractivity contribution in [2.75, 3.05) is 0 Å². The molecule has 0 saturated heterocycles. The second-order valence-corrected chi connectivity index (χ2v) is 9.94. The van der Waals surface area contributed by atoms with Gasteiger partial charge in [0.1, 0.15) is 0 Å². The second-order valence-electron chi connectivity index (χ2n) is 7.28. The highest BCUT2D eigenvalue weighted by Gasteiger charge is 2.28. The van der Waals surface area contributed by atoms with E-state index in [0.717, 1.165) is 34.3 Å². The summed E-state index contributed by atoms with van der Waals surface area (Å²) in [7, 11) is 0. The molecular formula is C21H20ClN5OS2. The lowest BCUT2D eigenvalue weighted by atomic mass is 10.2. The van der Waals surface area contributed by atoms with E-state index >= 15 is 0 Å². The van der Waals surface area contributed by atoms with Gasteiger partial charge < -0.3 is 4.42 Å². The number of thioether (sulfide) groups is 1. The van der Waals surface area contributed by atoms with Crippen LogP contribution in [0.1, 0.15) is 49.8 Å². The maximum Gasteiger partial charge on any atom is 0.257 e. The number of thiophene rings is 1. The molecular weight excluding hydrogens is 438 g/mol. The Balaban J connectivity index is 1.46. The van der Waals surface area contributed by atoms with E-state index in [1.807, 2.05) is 41.8 Å². The average Bonchev–Trinajstić information content (AvgIpc) is 3.55. The minimum Gasteiger partial charge on any atom is -0.419 e. The van der Waals surface area contributed by atoms with Gasteiger partial charge >= 0.3 is 0 Å². The van der Waals surface area contributed by atoms with Crippen LogP contribution >= 0.6 is 34.7 Å². The molecule has 0 bridgehead atoms. The smallest absolute Gasteiger partial charge is 0.257 e. The standard InChI is InChI=1S/C21H20ClN5OS2/c1-13(19-24-25-20(28-19)17-11-6-12-29-17)30-21-26-23-18(15-9-4-5-10-16(15)22)27(21)14-7-2-3-8-14/h4-6,9-14H,2-3,7-8H2,1H3/t13-/m1/s1. The Kier molecular flexibility index (Phi) is 5.62. The van der Waals surface area contributed by atoms with Gasteiger partial charge in [-0.2, -0.15) is 0 Å². The largest absolute Gasteiger partial charge is 0.419 e. The molecule has 0 amide bonds. The quantitative estimate of drug-likeness (QED) is 0.301. The maximum absolute atomic E-state index is 6.48. The predicted octanol–water partition coefficient (Wildman–Crippen LogP) is 6.68. The highest BCUT2D eigenvalue weighted by molar-refractivity contribution is 7.99. The highest BCUT2D eigenvalue weighted by Crippen LogP contribution is 2.42. The zero-order valence-corrected chi connectivity index (χ0v) is 18.8. The van der Waals surface area contributed by atoms with Gasteiger partial charge in [-0.1, -0.05) is 54.4 Å². The third kappa shape index (κ3) is 3.79. The number of aromatic nitrogens is 5. The second kappa shape index (κ2) is 8.53. The Hall–Kier alpha value is -2.16. The van der Waals surface area contributed by atoms with Crippen LogP contribution < -0.4 is 0 Å². The first-order chi connectivity index (χ1) is 14.7. The van der Waals surface area contributed by atoms with Crippen molar-refractivity contribution in [2.24, 2.45) is 0 Å². The van der Waals surface area contributed by atoms with E-state index in [9.17, 15) is 0 Å². The van der Waals surface area contributed by atoms with Crippen molar-refractivity contribution >= 4 is 34.7 Å². The van der Waals surface area contributed by atoms with Crippen LogP contribution in [0.4, 0.5) is 0 Å². The summed E-state index contributed by atoms with van der Waals surface area (Å²) in [6.07, 6.45) is 4.69. The molecule has 5 rings (SSSR count). The summed E-state index contributed by atoms with van der Waals surface area (Å²) in [5, 5.41) is 21.0. The number of nitrogens with zero attached hydrogens (tertiary/aromatic N) is 5. The molecule has 1 aromatic carbocycles. The molecule has 0 aliphatic heterocycles. The topological polar surface area (TPSA) is 69.6 Å². The van der Waals surface area contributed by atoms with Crippen LogP contribution in [0.3, 0.4) is 0 Å². The SMILES string of the molecule is C[C@@H](Sc1nnc(-c2ccccc2Cl)n1C1CCCC1)c1nnc(-c2cccs2)o1. The van der Waals surface area contributed by atoms with Crippen molar-refractivity contribution in [3.8, 4) is 22.2 Å². The zero-order valence-electron chi connectivity index (χ0n) is 16.4. The molecule has 30 heavy (non-hydrogen) atoms. The molecule has 1 saturated carbocycles. The van der Waals surface area contributed by atoms with Crippen LogP contribution in [-0.2, 0) is 0 Å². The van der Waals surface area contributed by atoms with E-state index in [4.69, 9.17) is 16.0 Å². The van der Waals surface area contributed by atoms with E-state index in [2.05, 4.69) is 31.9 Å². The Labute approximate surface area is 187 Å². The summed E-state index contributed by atoms with van der Waals surface area (Å²) in [5.74, 6) is 1.97. The van der Waals surface area contributed by atoms with Gasteiger partial charge in [-0.25, -0.2) is 0 Å². The summed E-state index contributed by atoms with van der Waals surface area (Å²) in [5.41, 5.74) is 0.913. The first-order valence-electron chi connectivity index (χ1n) is 9.94. The first-order valence-corrected chi connectivity index (χ1v) is 12.1. The normalized spacial score (nSPS) is 15.7. The molecule has 154 valence electrons. The number of rotatable bonds is 6. The molecule has 9 heteroatoms. The summed E-state index contributed by atoms with van der Waals surface area (Å²) in [4.78, 5) is 0.973. The first kappa shape index (κ1) is 19.8. The maximum atomic E-state index is 6.48. The third-order valence-electron chi connectivity index (χ3n) is 5.27. The summed E-state index contributed by atoms with van der Waals surface area (Å²) in [6.45, 7) is 2.05. The van der Waals surface area contributed by atoms with Crippen molar-refractivity contribution in [3.05, 3.63) is 52.7 Å². The van der Waals surface area contributed by atoms with E-state index in [0.29, 0.717) is 22.8 Å². The molecule has 0 radical (unpaired) electrons. The molecule has 4 aromatic rings. The molecule has 1 aliphatic rings. The van der Waals surface area contributed by atoms with Crippen LogP contribution in [0.15, 0.2) is 51.4 Å². The van der Waals surface area contributed by atoms with Crippen LogP contribution in [0.2, 0.25) is 5.02 Å². The molecule has 3 aromatic heterocycles. The van der Waals surface area contributed by atoms with E-state index < -0.39 is 0 Å². The molecule has 0 unspecified atom stereocenters. The van der Waals surface area contributed by atoms with Crippen LogP contribution in [0.5, 0.6) is 0 Å². The Morgan fingerprint density at radius 2 is 1.93 bits per heavy atom. The summed E-state index contributed by atoms with van der Waals surface area (Å²) < 4.78 is 8.18. The summed E-state index contributed by atoms with van der Waals surface area (Å²) in [6, 6.07) is 12.1. The Morgan fingerprint density at radius 1 is 1.10 bits per heavy atom. The molecule has 6 nitrogen and oxygen atoms in total. The number of hydrogen-bond acceptors (Lipinski definition) is 7. The van der Waals surface area contributed by atoms with Gasteiger partial charge in [0.05, 0.1) is 15.1 Å². The van der Waals surface area contributed by atoms with Crippen LogP contribution in [0.25, 0.3) is 22.2 Å². The van der Waals surface area contributed by atoms with E-state index in [-0.39, 0.29) is 5.25 Å². The van der Waals surface area contributed by atoms with Crippen molar-refractivity contribution in [3.63, 3.8) is 0 Å². The number of hydrogen-bond donors (Lipinski definition) is 0. The fourth-order valence-electron chi connectivity index (χ4n) is 3.78. The van der Waals surface area contributed by atoms with Gasteiger partial charge in [-0.3, -0.25) is 4.57 Å². The van der Waals surface area contributed by atoms with Crippen molar-refractivity contribution in [1.82, 2.24) is 25.0 Å². The van der Waals surface area contributed by atoms with Gasteiger partial charge in [0.25, 0.3) is 5.89 Å². The number of benzene rings is 1. The van der Waals surface area contributed by atoms with Crippen molar-refractivity contribution < 1.29 is 4.42 Å². The van der Waals surface area contributed by atoms with Crippen LogP contribution in [-0.4, -0.2) is 25.0 Å². The number of halogens is 1. The third-order valence-corrected chi connectivity index (χ3v) is 7.50. The lowest BCUT2D eigenvalue weighted by Gasteiger charge is -2.18. The molecule has 1 aliphatic carbocycles. The molecule has 1 atom stereocenters. The van der Waals surface area contributed by atoms with Crippen LogP contribution in [0, 0.1) is 0 Å². The van der Waals surface area contributed by atoms with Gasteiger partial charge in [-0.15, -0.1) is 31.7 Å². The fourth-order valence-corrected chi connectivity index (χ4v) is 5.60. The zero-order chi connectivity index (χ0) is 20.5. The minimum atomic E-state index is -0.0466. The van der Waals surface area contributed by atoms with Crippen molar-refractivity contribution in [1.29, 1.82) is 0 Å². The van der Waals surface area contributed by atoms with E-state index in [1.165, 1.54) is 12.8 Å². The molecule has 1 fully saturated rings. The lowest BCUT2D eigenvalue weighted by molar-refractivity contribution is 0.482. The minimum absolute atomic E-state index is 0.0466. The molecule has 0 spiro atoms. The molecule has 3 heterocycles. The highest BCUT2D eigenvalue weighted by atomic mass is 35.5. The van der Waals surface area contributed by atoms with E-state index in [1.54, 1.807) is 23.1 Å². The predicted molar refractivity (Wildman–Crippen MR) is 120 cm³/mol. The molecule has 0 N–H and O–H groups in total. The monoisotopic (exact) mass is 457 g/mol. The Morgan fingerprint density at radius 3 is 2.70 bits per heavy atom. The summed E-state index contributed by atoms with van der Waals surface area (Å²) >= 11 is 9.66. The Bertz CT molecular complexity index is 1130.